The van der Waals surface area contributed by atoms with Gasteiger partial charge in [-0.25, -0.2) is 9.38 Å². The van der Waals surface area contributed by atoms with Gasteiger partial charge in [0.05, 0.1) is 30.8 Å². The zero-order chi connectivity index (χ0) is 26.9. The van der Waals surface area contributed by atoms with Crippen molar-refractivity contribution in [1.82, 2.24) is 4.90 Å². The topological polar surface area (TPSA) is 48.4 Å². The molecule has 0 aromatic heterocycles. The fraction of sp³-hybridized carbons (Fsp3) is 0.286. The molecule has 3 aromatic carbocycles. The Hall–Kier alpha value is -4.08. The molecule has 0 radical (unpaired) electrons. The number of esters is 1. The molecule has 0 saturated carbocycles. The molecule has 5 rings (SSSR count). The molecule has 6 nitrogen and oxygen atoms in total. The third-order valence-corrected chi connectivity index (χ3v) is 6.84. The number of piperazine rings is 1. The number of alkyl halides is 3. The highest BCUT2D eigenvalue weighted by atomic mass is 19.4. The lowest BCUT2D eigenvalue weighted by atomic mass is 9.97. The number of nitrogens with zero attached hydrogens (tertiary/aromatic N) is 4. The van der Waals surface area contributed by atoms with E-state index < -0.39 is 23.8 Å². The minimum absolute atomic E-state index is 0.0711. The van der Waals surface area contributed by atoms with Gasteiger partial charge in [-0.15, -0.1) is 0 Å². The number of para-hydroxylation sites is 1. The fourth-order valence-corrected chi connectivity index (χ4v) is 4.92. The van der Waals surface area contributed by atoms with E-state index in [1.165, 1.54) is 25.3 Å². The Kier molecular flexibility index (Phi) is 6.96. The maximum Gasteiger partial charge on any atom is 0.416 e. The molecule has 1 saturated heterocycles. The van der Waals surface area contributed by atoms with Crippen molar-refractivity contribution < 1.29 is 27.1 Å². The van der Waals surface area contributed by atoms with Crippen LogP contribution in [-0.4, -0.2) is 50.1 Å². The van der Waals surface area contributed by atoms with E-state index in [-0.39, 0.29) is 17.9 Å². The maximum absolute atomic E-state index is 13.7. The van der Waals surface area contributed by atoms with Crippen LogP contribution in [0.5, 0.6) is 0 Å². The first-order chi connectivity index (χ1) is 18.2. The van der Waals surface area contributed by atoms with E-state index in [9.17, 15) is 22.4 Å². The van der Waals surface area contributed by atoms with E-state index >= 15 is 0 Å². The van der Waals surface area contributed by atoms with Gasteiger partial charge in [0.2, 0.25) is 5.96 Å². The van der Waals surface area contributed by atoms with Crippen LogP contribution in [0.25, 0.3) is 0 Å². The summed E-state index contributed by atoms with van der Waals surface area (Å²) in [6.45, 7) is 2.26. The standard InChI is InChI=1S/C28H26F4N4O2/c1-38-26(37)18-25-23-7-2-3-8-24(23)33-27(36(25)22-6-4-5-19(17-22)28(30,31)32)35-15-13-34(14-16-35)21-11-9-20(29)10-12-21/h2-12,17,25H,13-16,18H2,1H3. The predicted molar refractivity (Wildman–Crippen MR) is 137 cm³/mol. The molecule has 38 heavy (non-hydrogen) atoms. The molecule has 1 unspecified atom stereocenters. The summed E-state index contributed by atoms with van der Waals surface area (Å²) in [6.07, 6.45) is -4.60. The summed E-state index contributed by atoms with van der Waals surface area (Å²) in [6, 6.07) is 18.0. The zero-order valence-corrected chi connectivity index (χ0v) is 20.7. The lowest BCUT2D eigenvalue weighted by Gasteiger charge is -2.45. The average Bonchev–Trinajstić information content (AvgIpc) is 2.93. The molecule has 1 fully saturated rings. The molecule has 0 spiro atoms. The fourth-order valence-electron chi connectivity index (χ4n) is 4.92. The molecule has 3 aromatic rings. The van der Waals surface area contributed by atoms with Gasteiger partial charge in [0.25, 0.3) is 0 Å². The summed E-state index contributed by atoms with van der Waals surface area (Å²) in [5.41, 5.74) is 1.76. The predicted octanol–water partition coefficient (Wildman–Crippen LogP) is 5.78. The van der Waals surface area contributed by atoms with Crippen molar-refractivity contribution in [3.63, 3.8) is 0 Å². The summed E-state index contributed by atoms with van der Waals surface area (Å²) in [5, 5.41) is 0. The van der Waals surface area contributed by atoms with E-state index in [4.69, 9.17) is 9.73 Å². The first-order valence-corrected chi connectivity index (χ1v) is 12.2. The number of ether oxygens (including phenoxy) is 1. The first-order valence-electron chi connectivity index (χ1n) is 12.2. The summed E-state index contributed by atoms with van der Waals surface area (Å²) in [4.78, 5) is 23.2. The number of carbonyl (C=O) groups is 1. The minimum Gasteiger partial charge on any atom is -0.469 e. The number of anilines is 2. The summed E-state index contributed by atoms with van der Waals surface area (Å²) >= 11 is 0. The molecule has 198 valence electrons. The Morgan fingerprint density at radius 2 is 1.61 bits per heavy atom. The molecule has 0 aliphatic carbocycles. The van der Waals surface area contributed by atoms with Gasteiger partial charge in [0.15, 0.2) is 0 Å². The van der Waals surface area contributed by atoms with Gasteiger partial charge in [0, 0.05) is 43.1 Å². The van der Waals surface area contributed by atoms with Crippen molar-refractivity contribution in [2.45, 2.75) is 18.6 Å². The van der Waals surface area contributed by atoms with E-state index in [0.29, 0.717) is 37.8 Å². The van der Waals surface area contributed by atoms with Crippen molar-refractivity contribution in [3.05, 3.63) is 89.7 Å². The van der Waals surface area contributed by atoms with Crippen LogP contribution in [0.4, 0.5) is 34.6 Å². The number of aliphatic imine (C=N–C) groups is 1. The molecule has 0 amide bonds. The lowest BCUT2D eigenvalue weighted by molar-refractivity contribution is -0.141. The summed E-state index contributed by atoms with van der Waals surface area (Å²) in [5.74, 6) is -0.323. The second kappa shape index (κ2) is 10.4. The maximum atomic E-state index is 13.7. The Balaban J connectivity index is 1.54. The number of hydrogen-bond donors (Lipinski definition) is 0. The smallest absolute Gasteiger partial charge is 0.416 e. The highest BCUT2D eigenvalue weighted by molar-refractivity contribution is 6.01. The van der Waals surface area contributed by atoms with E-state index in [1.807, 2.05) is 29.2 Å². The van der Waals surface area contributed by atoms with Crippen LogP contribution in [0.3, 0.4) is 0 Å². The van der Waals surface area contributed by atoms with Crippen LogP contribution >= 0.6 is 0 Å². The van der Waals surface area contributed by atoms with Crippen molar-refractivity contribution in [3.8, 4) is 0 Å². The number of carbonyl (C=O) groups excluding carboxylic acids is 1. The highest BCUT2D eigenvalue weighted by Gasteiger charge is 2.38. The van der Waals surface area contributed by atoms with Gasteiger partial charge in [-0.3, -0.25) is 4.79 Å². The Morgan fingerprint density at radius 1 is 0.921 bits per heavy atom. The molecule has 0 bridgehead atoms. The zero-order valence-electron chi connectivity index (χ0n) is 20.7. The molecule has 2 heterocycles. The van der Waals surface area contributed by atoms with Crippen LogP contribution in [0.1, 0.15) is 23.6 Å². The van der Waals surface area contributed by atoms with Gasteiger partial charge >= 0.3 is 12.1 Å². The molecule has 10 heteroatoms. The number of fused-ring (bicyclic) bond motifs is 1. The Labute approximate surface area is 217 Å². The van der Waals surface area contributed by atoms with E-state index in [0.717, 1.165) is 23.4 Å². The highest BCUT2D eigenvalue weighted by Crippen LogP contribution is 2.42. The normalized spacial score (nSPS) is 17.7. The van der Waals surface area contributed by atoms with Crippen molar-refractivity contribution in [2.24, 2.45) is 4.99 Å². The quantitative estimate of drug-likeness (QED) is 0.319. The van der Waals surface area contributed by atoms with Crippen LogP contribution in [0, 0.1) is 5.82 Å². The second-order valence-corrected chi connectivity index (χ2v) is 9.14. The van der Waals surface area contributed by atoms with Gasteiger partial charge in [-0.1, -0.05) is 24.3 Å². The second-order valence-electron chi connectivity index (χ2n) is 9.14. The molecular weight excluding hydrogens is 500 g/mol. The largest absolute Gasteiger partial charge is 0.469 e. The number of guanidine groups is 1. The van der Waals surface area contributed by atoms with Crippen molar-refractivity contribution in [1.29, 1.82) is 0 Å². The number of benzene rings is 3. The molecule has 1 atom stereocenters. The number of rotatable bonds is 4. The monoisotopic (exact) mass is 526 g/mol. The van der Waals surface area contributed by atoms with Gasteiger partial charge in [-0.05, 0) is 48.5 Å². The third kappa shape index (κ3) is 5.16. The SMILES string of the molecule is COC(=O)CC1c2ccccc2N=C(N2CCN(c3ccc(F)cc3)CC2)N1c1cccc(C(F)(F)F)c1. The Bertz CT molecular complexity index is 1340. The number of methoxy groups -OCH3 is 1. The van der Waals surface area contributed by atoms with Gasteiger partial charge in [-0.2, -0.15) is 13.2 Å². The van der Waals surface area contributed by atoms with E-state index in [2.05, 4.69) is 4.90 Å². The molecule has 0 N–H and O–H groups in total. The van der Waals surface area contributed by atoms with Crippen LogP contribution in [0.2, 0.25) is 0 Å². The lowest BCUT2D eigenvalue weighted by Crippen LogP contribution is -2.55. The first kappa shape index (κ1) is 25.6. The van der Waals surface area contributed by atoms with Crippen molar-refractivity contribution >= 4 is 29.0 Å². The minimum atomic E-state index is -4.53. The molecule has 2 aliphatic heterocycles. The average molecular weight is 527 g/mol. The molecular formula is C28H26F4N4O2. The van der Waals surface area contributed by atoms with Crippen LogP contribution in [0.15, 0.2) is 77.8 Å². The third-order valence-electron chi connectivity index (χ3n) is 6.84. The number of halogens is 4. The number of hydrogen-bond acceptors (Lipinski definition) is 6. The van der Waals surface area contributed by atoms with E-state index in [1.54, 1.807) is 23.1 Å². The van der Waals surface area contributed by atoms with Crippen LogP contribution < -0.4 is 9.80 Å². The van der Waals surface area contributed by atoms with Crippen molar-refractivity contribution in [2.75, 3.05) is 43.1 Å². The summed E-state index contributed by atoms with van der Waals surface area (Å²) in [7, 11) is 1.29. The van der Waals surface area contributed by atoms with Gasteiger partial charge < -0.3 is 19.4 Å². The van der Waals surface area contributed by atoms with Crippen LogP contribution in [-0.2, 0) is 15.7 Å². The summed E-state index contributed by atoms with van der Waals surface area (Å²) < 4.78 is 59.3. The Morgan fingerprint density at radius 3 is 2.29 bits per heavy atom. The molecule has 2 aliphatic rings. The van der Waals surface area contributed by atoms with Gasteiger partial charge in [0.1, 0.15) is 5.82 Å².